The number of halogens is 1. The predicted octanol–water partition coefficient (Wildman–Crippen LogP) is 2.63. The molecule has 0 saturated carbocycles. The minimum Gasteiger partial charge on any atom is -0.352 e. The zero-order chi connectivity index (χ0) is 15.5. The Hall–Kier alpha value is -0.670. The number of ether oxygens (including phenoxy) is 1. The molecule has 0 bridgehead atoms. The second-order valence-electron chi connectivity index (χ2n) is 3.58. The smallest absolute Gasteiger partial charge is 0.330 e. The van der Waals surface area contributed by atoms with Crippen molar-refractivity contribution in [3.63, 3.8) is 0 Å². The number of aromatic nitrogens is 2. The van der Waals surface area contributed by atoms with Gasteiger partial charge in [0.15, 0.2) is 0 Å². The van der Waals surface area contributed by atoms with Gasteiger partial charge in [-0.3, -0.25) is 14.3 Å². The van der Waals surface area contributed by atoms with Gasteiger partial charge in [-0.15, -0.1) is 0 Å². The average molecular weight is 398 g/mol. The van der Waals surface area contributed by atoms with Crippen molar-refractivity contribution in [2.24, 2.45) is 0 Å². The van der Waals surface area contributed by atoms with Crippen LogP contribution in [0.15, 0.2) is 21.9 Å². The molecule has 2 rings (SSSR count). The molecule has 1 aromatic heterocycles. The summed E-state index contributed by atoms with van der Waals surface area (Å²) in [5.41, 5.74) is -0.833. The lowest BCUT2D eigenvalue weighted by molar-refractivity contribution is -0.0140. The third kappa shape index (κ3) is 5.76. The lowest BCUT2D eigenvalue weighted by Crippen LogP contribution is -2.31. The van der Waals surface area contributed by atoms with E-state index in [4.69, 9.17) is 7.80 Å². The summed E-state index contributed by atoms with van der Waals surface area (Å²) in [4.78, 5) is 24.6. The van der Waals surface area contributed by atoms with Crippen LogP contribution in [0.1, 0.15) is 46.8 Å². The first-order valence-electron chi connectivity index (χ1n) is 6.91. The van der Waals surface area contributed by atoms with Crippen LogP contribution in [-0.2, 0) is 7.80 Å². The van der Waals surface area contributed by atoms with Gasteiger partial charge in [0.05, 0.1) is 12.7 Å². The summed E-state index contributed by atoms with van der Waals surface area (Å²) in [5, 5.41) is 0. The van der Waals surface area contributed by atoms with Gasteiger partial charge in [0.2, 0.25) is 0 Å². The fourth-order valence-corrected chi connectivity index (χ4v) is 2.14. The molecule has 1 aliphatic heterocycles. The minimum absolute atomic E-state index is 0.0146. The van der Waals surface area contributed by atoms with E-state index in [2.05, 4.69) is 4.98 Å². The van der Waals surface area contributed by atoms with Gasteiger partial charge >= 0.3 is 5.69 Å². The molecule has 1 aromatic rings. The lowest BCUT2D eigenvalue weighted by atomic mass is 10.2. The van der Waals surface area contributed by atoms with Crippen LogP contribution in [0.2, 0.25) is 0 Å². The molecular weight excluding hydrogens is 375 g/mol. The van der Waals surface area contributed by atoms with Gasteiger partial charge in [-0.25, -0.2) is 4.79 Å². The highest BCUT2D eigenvalue weighted by Crippen LogP contribution is 2.27. The number of hydrogen-bond acceptors (Lipinski definition) is 4. The molecule has 1 aliphatic rings. The van der Waals surface area contributed by atoms with Crippen LogP contribution in [0.4, 0.5) is 0 Å². The number of rotatable bonds is 3. The minimum atomic E-state index is -0.437. The Morgan fingerprint density at radius 2 is 2.00 bits per heavy atom. The van der Waals surface area contributed by atoms with Crippen molar-refractivity contribution in [2.45, 2.75) is 52.9 Å². The summed E-state index contributed by atoms with van der Waals surface area (Å²) in [6, 6.07) is 1.31. The Kier molecular flexibility index (Phi) is 10.7. The highest BCUT2D eigenvalue weighted by atomic mass is 127. The maximum Gasteiger partial charge on any atom is 0.330 e. The van der Waals surface area contributed by atoms with E-state index in [1.165, 1.54) is 16.8 Å². The Morgan fingerprint density at radius 3 is 2.55 bits per heavy atom. The van der Waals surface area contributed by atoms with E-state index in [0.717, 1.165) is 12.8 Å². The van der Waals surface area contributed by atoms with Crippen LogP contribution < -0.4 is 11.2 Å². The van der Waals surface area contributed by atoms with Crippen LogP contribution >= 0.6 is 23.0 Å². The molecule has 2 unspecified atom stereocenters. The van der Waals surface area contributed by atoms with Gasteiger partial charge in [-0.2, -0.15) is 0 Å². The molecule has 6 nitrogen and oxygen atoms in total. The van der Waals surface area contributed by atoms with Crippen molar-refractivity contribution in [2.75, 3.05) is 6.61 Å². The second-order valence-corrected chi connectivity index (χ2v) is 4.21. The molecule has 20 heavy (non-hydrogen) atoms. The molecule has 0 spiro atoms. The Labute approximate surface area is 133 Å². The van der Waals surface area contributed by atoms with Crippen LogP contribution in [-0.4, -0.2) is 22.3 Å². The van der Waals surface area contributed by atoms with E-state index in [1.54, 1.807) is 0 Å². The molecule has 2 heterocycles. The molecule has 0 amide bonds. The molecule has 116 valence electrons. The Morgan fingerprint density at radius 1 is 1.35 bits per heavy atom. The van der Waals surface area contributed by atoms with Crippen molar-refractivity contribution in [1.29, 1.82) is 0 Å². The molecule has 0 aliphatic carbocycles. The fourth-order valence-electron chi connectivity index (χ4n) is 1.74. The van der Waals surface area contributed by atoms with Crippen molar-refractivity contribution in [3.05, 3.63) is 33.1 Å². The predicted molar refractivity (Wildman–Crippen MR) is 87.1 cm³/mol. The average Bonchev–Trinajstić information content (AvgIpc) is 2.92. The monoisotopic (exact) mass is 398 g/mol. The van der Waals surface area contributed by atoms with E-state index >= 15 is 0 Å². The molecule has 7 heteroatoms. The zero-order valence-electron chi connectivity index (χ0n) is 12.4. The van der Waals surface area contributed by atoms with Crippen molar-refractivity contribution in [1.82, 2.24) is 9.55 Å². The summed E-state index contributed by atoms with van der Waals surface area (Å²) in [7, 11) is 0. The summed E-state index contributed by atoms with van der Waals surface area (Å²) >= 11 is 1.81. The summed E-state index contributed by atoms with van der Waals surface area (Å²) in [5.74, 6) is 0. The van der Waals surface area contributed by atoms with Gasteiger partial charge in [0.25, 0.3) is 5.56 Å². The third-order valence-corrected chi connectivity index (χ3v) is 2.86. The first-order valence-corrected chi connectivity index (χ1v) is 7.79. The number of hydrogen-bond donors (Lipinski definition) is 1. The normalized spacial score (nSPS) is 20.4. The molecule has 1 saturated heterocycles. The SMILES string of the molecule is CC.CC.O=c1ccn(C2CCC(COI)O2)c(=O)[nH]1. The molecular formula is C13H23IN2O4. The van der Waals surface area contributed by atoms with Gasteiger partial charge < -0.3 is 7.80 Å². The maximum absolute atomic E-state index is 11.5. The molecule has 0 aromatic carbocycles. The van der Waals surface area contributed by atoms with E-state index in [9.17, 15) is 9.59 Å². The number of aromatic amines is 1. The zero-order valence-corrected chi connectivity index (χ0v) is 14.5. The Balaban J connectivity index is 0.000000829. The quantitative estimate of drug-likeness (QED) is 0.795. The first-order chi connectivity index (χ1) is 9.70. The van der Waals surface area contributed by atoms with Crippen LogP contribution in [0, 0.1) is 0 Å². The van der Waals surface area contributed by atoms with E-state index in [1.807, 2.05) is 50.7 Å². The summed E-state index contributed by atoms with van der Waals surface area (Å²) in [6.45, 7) is 8.51. The number of H-pyrrole nitrogens is 1. The second kappa shape index (κ2) is 11.0. The lowest BCUT2D eigenvalue weighted by Gasteiger charge is -2.14. The first kappa shape index (κ1) is 19.3. The van der Waals surface area contributed by atoms with Gasteiger partial charge in [-0.1, -0.05) is 27.7 Å². The largest absolute Gasteiger partial charge is 0.352 e. The van der Waals surface area contributed by atoms with Crippen molar-refractivity contribution >= 4 is 23.0 Å². The topological polar surface area (TPSA) is 73.3 Å². The van der Waals surface area contributed by atoms with E-state index in [0.29, 0.717) is 6.61 Å². The highest BCUT2D eigenvalue weighted by Gasteiger charge is 2.27. The number of nitrogens with one attached hydrogen (secondary N) is 1. The summed E-state index contributed by atoms with van der Waals surface area (Å²) in [6.07, 6.45) is 2.76. The van der Waals surface area contributed by atoms with Crippen LogP contribution in [0.3, 0.4) is 0 Å². The molecule has 1 N–H and O–H groups in total. The van der Waals surface area contributed by atoms with Crippen LogP contribution in [0.5, 0.6) is 0 Å². The van der Waals surface area contributed by atoms with Crippen molar-refractivity contribution < 1.29 is 7.80 Å². The summed E-state index contributed by atoms with van der Waals surface area (Å²) < 4.78 is 12.0. The highest BCUT2D eigenvalue weighted by molar-refractivity contribution is 14.1. The van der Waals surface area contributed by atoms with Crippen molar-refractivity contribution in [3.8, 4) is 0 Å². The molecule has 1 fully saturated rings. The Bertz CT molecular complexity index is 472. The standard InChI is InChI=1S/C9H11IN2O4.2C2H6/c10-15-5-6-1-2-8(16-6)12-4-3-7(13)11-9(12)14;2*1-2/h3-4,6,8H,1-2,5H2,(H,11,13,14);2*1-2H3. The third-order valence-electron chi connectivity index (χ3n) is 2.50. The number of nitrogens with zero attached hydrogens (tertiary/aromatic N) is 1. The van der Waals surface area contributed by atoms with Gasteiger partial charge in [0, 0.05) is 12.3 Å². The molecule has 2 atom stereocenters. The maximum atomic E-state index is 11.5. The van der Waals surface area contributed by atoms with Crippen LogP contribution in [0.25, 0.3) is 0 Å². The van der Waals surface area contributed by atoms with E-state index < -0.39 is 11.2 Å². The van der Waals surface area contributed by atoms with Gasteiger partial charge in [0.1, 0.15) is 29.2 Å². The molecule has 0 radical (unpaired) electrons. The van der Waals surface area contributed by atoms with Gasteiger partial charge in [-0.05, 0) is 12.8 Å². The van der Waals surface area contributed by atoms with E-state index in [-0.39, 0.29) is 12.3 Å². The fraction of sp³-hybridized carbons (Fsp3) is 0.692.